The third-order valence-electron chi connectivity index (χ3n) is 4.48. The smallest absolute Gasteiger partial charge is 0.234 e. The van der Waals surface area contributed by atoms with Gasteiger partial charge in [-0.2, -0.15) is 9.55 Å². The average Bonchev–Trinajstić information content (AvgIpc) is 2.57. The zero-order valence-electron chi connectivity index (χ0n) is 15.2. The first-order valence-corrected chi connectivity index (χ1v) is 8.59. The molecule has 1 aliphatic carbocycles. The van der Waals surface area contributed by atoms with Crippen molar-refractivity contribution in [2.75, 3.05) is 32.5 Å². The van der Waals surface area contributed by atoms with Gasteiger partial charge in [-0.25, -0.2) is 5.21 Å². The molecule has 0 fully saturated rings. The zero-order valence-corrected chi connectivity index (χ0v) is 15.2. The quantitative estimate of drug-likeness (QED) is 0.283. The summed E-state index contributed by atoms with van der Waals surface area (Å²) in [6, 6.07) is 11.1. The number of H-pyrrole nitrogens is 1. The van der Waals surface area contributed by atoms with Crippen molar-refractivity contribution >= 4 is 16.6 Å². The highest BCUT2D eigenvalue weighted by atomic mass is 16.8. The molecule has 26 heavy (non-hydrogen) atoms. The summed E-state index contributed by atoms with van der Waals surface area (Å²) >= 11 is 0. The fourth-order valence-electron chi connectivity index (χ4n) is 3.20. The average molecular weight is 356 g/mol. The molecule has 1 aliphatic heterocycles. The summed E-state index contributed by atoms with van der Waals surface area (Å²) in [5.41, 5.74) is 3.98. The largest absolute Gasteiger partial charge is 0.612 e. The summed E-state index contributed by atoms with van der Waals surface area (Å²) in [6.45, 7) is 3.13. The van der Waals surface area contributed by atoms with Gasteiger partial charge in [0.25, 0.3) is 0 Å². The number of anilines is 1. The van der Waals surface area contributed by atoms with Crippen molar-refractivity contribution in [2.45, 2.75) is 13.3 Å². The van der Waals surface area contributed by atoms with Crippen molar-refractivity contribution in [1.82, 2.24) is 9.89 Å². The van der Waals surface area contributed by atoms with E-state index in [-0.39, 0.29) is 14.9 Å². The zero-order chi connectivity index (χ0) is 18.9. The van der Waals surface area contributed by atoms with Gasteiger partial charge in [-0.1, -0.05) is 24.3 Å². The van der Waals surface area contributed by atoms with E-state index in [1.165, 1.54) is 0 Å². The number of aryl methyl sites for hydroxylation is 1. The number of benzene rings is 2. The predicted molar refractivity (Wildman–Crippen MR) is 104 cm³/mol. The lowest BCUT2D eigenvalue weighted by Gasteiger charge is -2.21. The number of para-hydroxylation sites is 1. The number of hydrogen-bond donors (Lipinski definition) is 3. The van der Waals surface area contributed by atoms with E-state index in [1.54, 1.807) is 26.2 Å². The highest BCUT2D eigenvalue weighted by Gasteiger charge is 2.20. The fourth-order valence-corrected chi connectivity index (χ4v) is 3.20. The Labute approximate surface area is 151 Å². The van der Waals surface area contributed by atoms with Gasteiger partial charge in [-0.3, -0.25) is 0 Å². The minimum absolute atomic E-state index is 0.0772. The molecule has 3 rings (SSSR count). The number of hydrogen-bond acceptors (Lipinski definition) is 4. The minimum atomic E-state index is -0.344. The van der Waals surface area contributed by atoms with Crippen molar-refractivity contribution in [1.29, 1.82) is 0 Å². The van der Waals surface area contributed by atoms with Crippen LogP contribution in [-0.4, -0.2) is 42.0 Å². The Morgan fingerprint density at radius 3 is 2.58 bits per heavy atom. The Bertz CT molecular complexity index is 969. The Morgan fingerprint density at radius 2 is 1.88 bits per heavy atom. The number of aromatic nitrogens is 1. The molecule has 7 heteroatoms. The van der Waals surface area contributed by atoms with Crippen molar-refractivity contribution in [3.63, 3.8) is 0 Å². The molecule has 1 aromatic carbocycles. The van der Waals surface area contributed by atoms with Crippen molar-refractivity contribution in [3.05, 3.63) is 57.7 Å². The van der Waals surface area contributed by atoms with Gasteiger partial charge in [0.05, 0.1) is 31.0 Å². The predicted octanol–water partition coefficient (Wildman–Crippen LogP) is 2.62. The number of pyridine rings is 1. The summed E-state index contributed by atoms with van der Waals surface area (Å²) < 4.78 is -0.106. The van der Waals surface area contributed by atoms with Gasteiger partial charge in [-0.15, -0.1) is 0 Å². The molecule has 1 heterocycles. The van der Waals surface area contributed by atoms with Gasteiger partial charge in [0.1, 0.15) is 6.54 Å². The SMILES string of the molecule is Cc1ccc(=[N+]([O-])[O-])c2c(NCCC[N+](C)(C)O)c3ccccc3[nH]c1-2. The van der Waals surface area contributed by atoms with Crippen LogP contribution in [0.5, 0.6) is 0 Å². The Hall–Kier alpha value is -2.77. The van der Waals surface area contributed by atoms with E-state index in [0.717, 1.165) is 34.3 Å². The van der Waals surface area contributed by atoms with Crippen LogP contribution in [0.1, 0.15) is 12.0 Å². The monoisotopic (exact) mass is 356 g/mol. The molecule has 0 spiro atoms. The van der Waals surface area contributed by atoms with Crippen LogP contribution in [0.15, 0.2) is 36.4 Å². The number of fused-ring (bicyclic) bond motifs is 2. The van der Waals surface area contributed by atoms with Gasteiger partial charge in [-0.05, 0) is 18.6 Å². The van der Waals surface area contributed by atoms with Crippen molar-refractivity contribution in [3.8, 4) is 11.3 Å². The first-order valence-electron chi connectivity index (χ1n) is 8.59. The van der Waals surface area contributed by atoms with E-state index in [9.17, 15) is 15.6 Å². The van der Waals surface area contributed by atoms with Crippen LogP contribution < -0.4 is 15.6 Å². The molecule has 0 amide bonds. The van der Waals surface area contributed by atoms with Gasteiger partial charge < -0.3 is 20.7 Å². The molecule has 0 radical (unpaired) electrons. The second-order valence-electron chi connectivity index (χ2n) is 7.08. The summed E-state index contributed by atoms with van der Waals surface area (Å²) in [4.78, 5) is 3.00. The van der Waals surface area contributed by atoms with E-state index in [4.69, 9.17) is 0 Å². The van der Waals surface area contributed by atoms with E-state index in [1.807, 2.05) is 31.2 Å². The maximum absolute atomic E-state index is 11.6. The molecule has 3 N–H and O–H groups in total. The van der Waals surface area contributed by atoms with Crippen LogP contribution in [0, 0.1) is 17.3 Å². The standard InChI is InChI=1S/C19H24N4O3/c1-13-9-10-16(22(24)25)17-18(13)21-15-8-5-4-7-14(15)19(17)20-11-6-12-23(2,3)26/h4-5,7-10,20-21,26H,6,11-12H2,1-3H3. The normalized spacial score (nSPS) is 11.8. The first-order chi connectivity index (χ1) is 12.3. The molecule has 0 unspecified atom stereocenters. The number of hydroxylamine groups is 3. The number of nitrogens with one attached hydrogen (secondary N) is 2. The molecular formula is C19H24N4O3. The molecule has 138 valence electrons. The highest BCUT2D eigenvalue weighted by molar-refractivity contribution is 6.00. The maximum Gasteiger partial charge on any atom is 0.234 e. The second-order valence-corrected chi connectivity index (χ2v) is 7.08. The van der Waals surface area contributed by atoms with Crippen LogP contribution in [0.25, 0.3) is 22.2 Å². The van der Waals surface area contributed by atoms with Gasteiger partial charge in [0, 0.05) is 29.9 Å². The molecule has 7 nitrogen and oxygen atoms in total. The third-order valence-corrected chi connectivity index (χ3v) is 4.48. The summed E-state index contributed by atoms with van der Waals surface area (Å²) in [6.07, 6.45) is 0.734. The topological polar surface area (TPSA) is 97.2 Å². The van der Waals surface area contributed by atoms with Crippen LogP contribution in [0.2, 0.25) is 0 Å². The molecule has 1 aromatic rings. The molecule has 0 bridgehead atoms. The lowest BCUT2D eigenvalue weighted by molar-refractivity contribution is -1.07. The van der Waals surface area contributed by atoms with E-state index in [2.05, 4.69) is 10.3 Å². The third kappa shape index (κ3) is 3.58. The molecule has 2 aliphatic rings. The number of aromatic amines is 1. The molecule has 0 saturated heterocycles. The lowest BCUT2D eigenvalue weighted by Crippen LogP contribution is -2.37. The van der Waals surface area contributed by atoms with Crippen molar-refractivity contribution in [2.24, 2.45) is 0 Å². The Balaban J connectivity index is 2.16. The number of quaternary nitrogens is 1. The van der Waals surface area contributed by atoms with E-state index >= 15 is 0 Å². The second kappa shape index (κ2) is 6.86. The van der Waals surface area contributed by atoms with Crippen molar-refractivity contribution < 1.29 is 9.85 Å². The molecule has 0 atom stereocenters. The van der Waals surface area contributed by atoms with Crippen LogP contribution in [0.3, 0.4) is 0 Å². The Kier molecular flexibility index (Phi) is 4.76. The van der Waals surface area contributed by atoms with Gasteiger partial charge in [0.2, 0.25) is 5.36 Å². The highest BCUT2D eigenvalue weighted by Crippen LogP contribution is 2.34. The minimum Gasteiger partial charge on any atom is -0.612 e. The molecular weight excluding hydrogens is 332 g/mol. The summed E-state index contributed by atoms with van der Waals surface area (Å²) in [7, 11) is 3.44. The van der Waals surface area contributed by atoms with E-state index < -0.39 is 0 Å². The van der Waals surface area contributed by atoms with Crippen LogP contribution >= 0.6 is 0 Å². The fraction of sp³-hybridized carbons (Fsp3) is 0.316. The number of nitrogens with zero attached hydrogens (tertiary/aromatic N) is 2. The van der Waals surface area contributed by atoms with Gasteiger partial charge in [0.15, 0.2) is 0 Å². The molecule has 0 saturated carbocycles. The van der Waals surface area contributed by atoms with Gasteiger partial charge >= 0.3 is 0 Å². The lowest BCUT2D eigenvalue weighted by atomic mass is 9.98. The summed E-state index contributed by atoms with van der Waals surface area (Å²) in [5, 5.41) is 37.4. The summed E-state index contributed by atoms with van der Waals surface area (Å²) in [5.74, 6) is 0. The van der Waals surface area contributed by atoms with E-state index in [0.29, 0.717) is 18.7 Å². The maximum atomic E-state index is 11.6. The molecule has 0 aromatic heterocycles. The van der Waals surface area contributed by atoms with Crippen LogP contribution in [-0.2, 0) is 0 Å². The Morgan fingerprint density at radius 1 is 1.15 bits per heavy atom. The van der Waals surface area contributed by atoms with Crippen LogP contribution in [0.4, 0.5) is 5.69 Å². The number of rotatable bonds is 5. The first kappa shape index (κ1) is 18.0.